The second-order valence-corrected chi connectivity index (χ2v) is 5.05. The van der Waals surface area contributed by atoms with Gasteiger partial charge < -0.3 is 4.74 Å². The monoisotopic (exact) mass is 278 g/mol. The molecule has 0 spiro atoms. The highest BCUT2D eigenvalue weighted by Gasteiger charge is 2.33. The fourth-order valence-electron chi connectivity index (χ4n) is 2.48. The maximum atomic E-state index is 12.7. The Morgan fingerprint density at radius 3 is 2.60 bits per heavy atom. The van der Waals surface area contributed by atoms with Gasteiger partial charge in [0.2, 0.25) is 0 Å². The van der Waals surface area contributed by atoms with E-state index in [4.69, 9.17) is 4.74 Å². The number of hydrogen-bond donors (Lipinski definition) is 0. The molecule has 1 aliphatic rings. The van der Waals surface area contributed by atoms with Crippen LogP contribution in [0.25, 0.3) is 0 Å². The SMILES string of the molecule is Cc1cccc(C2Cc3cc(C(F)(F)F)ccc3O2)c1. The zero-order valence-corrected chi connectivity index (χ0v) is 10.9. The molecule has 0 aliphatic carbocycles. The van der Waals surface area contributed by atoms with E-state index in [-0.39, 0.29) is 6.10 Å². The Labute approximate surface area is 115 Å². The van der Waals surface area contributed by atoms with E-state index < -0.39 is 11.7 Å². The molecule has 0 amide bonds. The third kappa shape index (κ3) is 2.38. The molecule has 1 unspecified atom stereocenters. The van der Waals surface area contributed by atoms with Crippen LogP contribution in [-0.4, -0.2) is 0 Å². The summed E-state index contributed by atoms with van der Waals surface area (Å²) in [4.78, 5) is 0. The zero-order valence-electron chi connectivity index (χ0n) is 10.9. The van der Waals surface area contributed by atoms with E-state index >= 15 is 0 Å². The van der Waals surface area contributed by atoms with Crippen LogP contribution < -0.4 is 4.74 Å². The molecule has 2 aromatic rings. The molecule has 1 atom stereocenters. The summed E-state index contributed by atoms with van der Waals surface area (Å²) < 4.78 is 43.8. The van der Waals surface area contributed by atoms with Gasteiger partial charge in [-0.15, -0.1) is 0 Å². The van der Waals surface area contributed by atoms with Crippen molar-refractivity contribution in [2.45, 2.75) is 25.6 Å². The molecular weight excluding hydrogens is 265 g/mol. The predicted octanol–water partition coefficient (Wildman–Crippen LogP) is 4.69. The maximum absolute atomic E-state index is 12.7. The van der Waals surface area contributed by atoms with E-state index in [2.05, 4.69) is 0 Å². The first kappa shape index (κ1) is 13.0. The Balaban J connectivity index is 1.89. The van der Waals surface area contributed by atoms with Gasteiger partial charge in [-0.05, 0) is 36.2 Å². The van der Waals surface area contributed by atoms with Gasteiger partial charge >= 0.3 is 6.18 Å². The number of halogens is 3. The Bertz CT molecular complexity index is 646. The molecule has 1 heterocycles. The van der Waals surface area contributed by atoms with Crippen molar-refractivity contribution >= 4 is 0 Å². The molecule has 1 aliphatic heterocycles. The van der Waals surface area contributed by atoms with Gasteiger partial charge in [-0.2, -0.15) is 13.2 Å². The second-order valence-electron chi connectivity index (χ2n) is 5.05. The van der Waals surface area contributed by atoms with Gasteiger partial charge in [-0.25, -0.2) is 0 Å². The van der Waals surface area contributed by atoms with Crippen LogP contribution >= 0.6 is 0 Å². The van der Waals surface area contributed by atoms with Crippen LogP contribution in [0.3, 0.4) is 0 Å². The largest absolute Gasteiger partial charge is 0.485 e. The van der Waals surface area contributed by atoms with E-state index in [1.165, 1.54) is 12.1 Å². The highest BCUT2D eigenvalue weighted by atomic mass is 19.4. The Kier molecular flexibility index (Phi) is 2.96. The van der Waals surface area contributed by atoms with Crippen molar-refractivity contribution in [3.8, 4) is 5.75 Å². The number of alkyl halides is 3. The number of aryl methyl sites for hydroxylation is 1. The standard InChI is InChI=1S/C16H13F3O/c1-10-3-2-4-11(7-10)15-9-12-8-13(16(17,18)19)5-6-14(12)20-15/h2-8,15H,9H2,1H3. The highest BCUT2D eigenvalue weighted by Crippen LogP contribution is 2.40. The summed E-state index contributed by atoms with van der Waals surface area (Å²) in [6, 6.07) is 11.5. The number of benzene rings is 2. The molecule has 20 heavy (non-hydrogen) atoms. The highest BCUT2D eigenvalue weighted by molar-refractivity contribution is 5.43. The van der Waals surface area contributed by atoms with Crippen LogP contribution in [-0.2, 0) is 12.6 Å². The minimum Gasteiger partial charge on any atom is -0.485 e. The predicted molar refractivity (Wildman–Crippen MR) is 69.7 cm³/mol. The van der Waals surface area contributed by atoms with Crippen molar-refractivity contribution in [1.29, 1.82) is 0 Å². The second kappa shape index (κ2) is 4.54. The zero-order chi connectivity index (χ0) is 14.3. The third-order valence-corrected chi connectivity index (χ3v) is 3.48. The van der Waals surface area contributed by atoms with E-state index in [1.54, 1.807) is 0 Å². The van der Waals surface area contributed by atoms with Crippen LogP contribution in [0, 0.1) is 6.92 Å². The summed E-state index contributed by atoms with van der Waals surface area (Å²) in [6.45, 7) is 1.98. The number of ether oxygens (including phenoxy) is 1. The molecule has 0 N–H and O–H groups in total. The minimum absolute atomic E-state index is 0.201. The summed E-state index contributed by atoms with van der Waals surface area (Å²) in [7, 11) is 0. The maximum Gasteiger partial charge on any atom is 0.416 e. The summed E-state index contributed by atoms with van der Waals surface area (Å²) in [5, 5.41) is 0. The lowest BCUT2D eigenvalue weighted by atomic mass is 10.0. The minimum atomic E-state index is -4.31. The van der Waals surface area contributed by atoms with Crippen molar-refractivity contribution in [1.82, 2.24) is 0 Å². The molecule has 0 saturated heterocycles. The molecule has 104 valence electrons. The van der Waals surface area contributed by atoms with Crippen molar-refractivity contribution in [3.63, 3.8) is 0 Å². The topological polar surface area (TPSA) is 9.23 Å². The van der Waals surface area contributed by atoms with Crippen LogP contribution in [0.1, 0.15) is 28.4 Å². The number of rotatable bonds is 1. The summed E-state index contributed by atoms with van der Waals surface area (Å²) in [6.07, 6.45) is -4.03. The normalized spacial score (nSPS) is 17.7. The first-order valence-electron chi connectivity index (χ1n) is 6.37. The summed E-state index contributed by atoms with van der Waals surface area (Å²) >= 11 is 0. The molecule has 0 radical (unpaired) electrons. The lowest BCUT2D eigenvalue weighted by Crippen LogP contribution is -2.04. The average Bonchev–Trinajstić information content (AvgIpc) is 2.80. The fraction of sp³-hybridized carbons (Fsp3) is 0.250. The lowest BCUT2D eigenvalue weighted by Gasteiger charge is -2.11. The van der Waals surface area contributed by atoms with Gasteiger partial charge in [-0.1, -0.05) is 29.8 Å². The van der Waals surface area contributed by atoms with Gasteiger partial charge in [0.05, 0.1) is 5.56 Å². The third-order valence-electron chi connectivity index (χ3n) is 3.48. The van der Waals surface area contributed by atoms with Crippen LogP contribution in [0.15, 0.2) is 42.5 Å². The van der Waals surface area contributed by atoms with Gasteiger partial charge in [0, 0.05) is 6.42 Å². The summed E-state index contributed by atoms with van der Waals surface area (Å²) in [5.41, 5.74) is 2.10. The van der Waals surface area contributed by atoms with Gasteiger partial charge in [-0.3, -0.25) is 0 Å². The molecule has 0 aromatic heterocycles. The Hall–Kier alpha value is -1.97. The quantitative estimate of drug-likeness (QED) is 0.735. The number of fused-ring (bicyclic) bond motifs is 1. The number of hydrogen-bond acceptors (Lipinski definition) is 1. The molecule has 0 saturated carbocycles. The first-order valence-corrected chi connectivity index (χ1v) is 6.37. The van der Waals surface area contributed by atoms with Crippen LogP contribution in [0.4, 0.5) is 13.2 Å². The van der Waals surface area contributed by atoms with E-state index in [0.717, 1.165) is 17.2 Å². The molecule has 0 bridgehead atoms. The van der Waals surface area contributed by atoms with Gasteiger partial charge in [0.1, 0.15) is 11.9 Å². The van der Waals surface area contributed by atoms with Crippen molar-refractivity contribution in [3.05, 3.63) is 64.7 Å². The van der Waals surface area contributed by atoms with Gasteiger partial charge in [0.15, 0.2) is 0 Å². The average molecular weight is 278 g/mol. The van der Waals surface area contributed by atoms with Crippen molar-refractivity contribution < 1.29 is 17.9 Å². The van der Waals surface area contributed by atoms with Crippen LogP contribution in [0.2, 0.25) is 0 Å². The van der Waals surface area contributed by atoms with E-state index in [1.807, 2.05) is 31.2 Å². The molecule has 3 rings (SSSR count). The van der Waals surface area contributed by atoms with E-state index in [0.29, 0.717) is 17.7 Å². The van der Waals surface area contributed by atoms with Gasteiger partial charge in [0.25, 0.3) is 0 Å². The van der Waals surface area contributed by atoms with Crippen LogP contribution in [0.5, 0.6) is 5.75 Å². The Morgan fingerprint density at radius 1 is 1.10 bits per heavy atom. The first-order chi connectivity index (χ1) is 9.43. The molecular formula is C16H13F3O. The fourth-order valence-corrected chi connectivity index (χ4v) is 2.48. The molecule has 0 fully saturated rings. The lowest BCUT2D eigenvalue weighted by molar-refractivity contribution is -0.137. The Morgan fingerprint density at radius 2 is 1.90 bits per heavy atom. The van der Waals surface area contributed by atoms with E-state index in [9.17, 15) is 13.2 Å². The van der Waals surface area contributed by atoms with Crippen molar-refractivity contribution in [2.75, 3.05) is 0 Å². The molecule has 1 nitrogen and oxygen atoms in total. The summed E-state index contributed by atoms with van der Waals surface area (Å²) in [5.74, 6) is 0.546. The molecule has 4 heteroatoms. The molecule has 2 aromatic carbocycles. The smallest absolute Gasteiger partial charge is 0.416 e. The van der Waals surface area contributed by atoms with Crippen molar-refractivity contribution in [2.24, 2.45) is 0 Å².